The number of carbonyl (C=O) groups is 2. The summed E-state index contributed by atoms with van der Waals surface area (Å²) >= 11 is 0. The summed E-state index contributed by atoms with van der Waals surface area (Å²) in [7, 11) is 0. The van der Waals surface area contributed by atoms with E-state index in [0.717, 1.165) is 37.3 Å². The van der Waals surface area contributed by atoms with Crippen LogP contribution in [0.2, 0.25) is 0 Å². The summed E-state index contributed by atoms with van der Waals surface area (Å²) in [6, 6.07) is 0.846. The van der Waals surface area contributed by atoms with Gasteiger partial charge in [-0.1, -0.05) is 0 Å². The number of nitrogens with one attached hydrogen (secondary N) is 2. The van der Waals surface area contributed by atoms with Gasteiger partial charge in [-0.2, -0.15) is 0 Å². The van der Waals surface area contributed by atoms with Crippen molar-refractivity contribution in [2.75, 3.05) is 26.2 Å². The van der Waals surface area contributed by atoms with Crippen LogP contribution < -0.4 is 10.6 Å². The third-order valence-electron chi connectivity index (χ3n) is 8.07. The molecular formula is C23H38N4O2. The summed E-state index contributed by atoms with van der Waals surface area (Å²) in [5, 5.41) is 6.58. The summed E-state index contributed by atoms with van der Waals surface area (Å²) in [4.78, 5) is 29.8. The first-order chi connectivity index (χ1) is 13.7. The number of piperidine rings is 1. The Balaban J connectivity index is 1.10. The van der Waals surface area contributed by atoms with E-state index in [1.807, 2.05) is 20.8 Å². The summed E-state index contributed by atoms with van der Waals surface area (Å²) < 4.78 is 0. The fourth-order valence-corrected chi connectivity index (χ4v) is 7.59. The molecule has 2 N–H and O–H groups in total. The van der Waals surface area contributed by atoms with Crippen LogP contribution in [0.4, 0.5) is 0 Å². The second-order valence-corrected chi connectivity index (χ2v) is 12.0. The van der Waals surface area contributed by atoms with Gasteiger partial charge in [0.2, 0.25) is 11.8 Å². The van der Waals surface area contributed by atoms with Gasteiger partial charge < -0.3 is 10.6 Å². The van der Waals surface area contributed by atoms with Crippen LogP contribution in [0.5, 0.6) is 0 Å². The fraction of sp³-hybridized carbons (Fsp3) is 0.913. The zero-order valence-electron chi connectivity index (χ0n) is 18.4. The van der Waals surface area contributed by atoms with Crippen LogP contribution in [-0.4, -0.2) is 71.0 Å². The summed E-state index contributed by atoms with van der Waals surface area (Å²) in [5.41, 5.74) is -0.0694. The lowest BCUT2D eigenvalue weighted by Crippen LogP contribution is -2.71. The molecular weight excluding hydrogens is 364 g/mol. The molecule has 2 amide bonds. The molecule has 0 aromatic rings. The molecule has 0 radical (unpaired) electrons. The lowest BCUT2D eigenvalue weighted by atomic mass is 9.53. The zero-order chi connectivity index (χ0) is 20.4. The number of piperazine rings is 1. The maximum atomic E-state index is 12.9. The van der Waals surface area contributed by atoms with E-state index in [9.17, 15) is 9.59 Å². The van der Waals surface area contributed by atoms with Gasteiger partial charge in [-0.15, -0.1) is 0 Å². The van der Waals surface area contributed by atoms with Crippen LogP contribution in [0, 0.1) is 17.8 Å². The Bertz CT molecular complexity index is 638. The quantitative estimate of drug-likeness (QED) is 0.735. The number of hydrogen-bond acceptors (Lipinski definition) is 4. The van der Waals surface area contributed by atoms with Crippen molar-refractivity contribution in [1.82, 2.24) is 20.4 Å². The Morgan fingerprint density at radius 2 is 1.41 bits per heavy atom. The molecule has 2 atom stereocenters. The molecule has 2 unspecified atom stereocenters. The fourth-order valence-electron chi connectivity index (χ4n) is 7.59. The van der Waals surface area contributed by atoms with Gasteiger partial charge in [-0.3, -0.25) is 19.4 Å². The smallest absolute Gasteiger partial charge is 0.234 e. The minimum Gasteiger partial charge on any atom is -0.350 e. The van der Waals surface area contributed by atoms with Gasteiger partial charge in [0.15, 0.2) is 0 Å². The SMILES string of the molecule is CC(C)(C)NC(=O)CN1C2CC1CN(CC(=O)NC13CC4CC(CC(C4)C1)C3)C2. The van der Waals surface area contributed by atoms with Crippen molar-refractivity contribution in [2.24, 2.45) is 17.8 Å². The zero-order valence-corrected chi connectivity index (χ0v) is 18.4. The van der Waals surface area contributed by atoms with Gasteiger partial charge in [-0.25, -0.2) is 0 Å². The van der Waals surface area contributed by atoms with Crippen molar-refractivity contribution >= 4 is 11.8 Å². The highest BCUT2D eigenvalue weighted by Gasteiger charge is 2.52. The minimum absolute atomic E-state index is 0.111. The molecule has 3 heterocycles. The number of fused-ring (bicyclic) bond motifs is 2. The van der Waals surface area contributed by atoms with E-state index in [0.29, 0.717) is 25.2 Å². The monoisotopic (exact) mass is 402 g/mol. The van der Waals surface area contributed by atoms with Crippen LogP contribution >= 0.6 is 0 Å². The average Bonchev–Trinajstić information content (AvgIpc) is 2.56. The van der Waals surface area contributed by atoms with Gasteiger partial charge >= 0.3 is 0 Å². The van der Waals surface area contributed by atoms with E-state index in [1.165, 1.54) is 38.5 Å². The highest BCUT2D eigenvalue weighted by Crippen LogP contribution is 2.55. The van der Waals surface area contributed by atoms with Crippen molar-refractivity contribution in [3.05, 3.63) is 0 Å². The van der Waals surface area contributed by atoms with Gasteiger partial charge in [-0.05, 0) is 83.5 Å². The van der Waals surface area contributed by atoms with E-state index < -0.39 is 0 Å². The second-order valence-electron chi connectivity index (χ2n) is 12.0. The van der Waals surface area contributed by atoms with E-state index in [1.54, 1.807) is 0 Å². The van der Waals surface area contributed by atoms with E-state index in [-0.39, 0.29) is 22.9 Å². The predicted octanol–water partition coefficient (Wildman–Crippen LogP) is 1.74. The molecule has 6 bridgehead atoms. The Morgan fingerprint density at radius 3 is 1.93 bits per heavy atom. The van der Waals surface area contributed by atoms with Crippen LogP contribution in [0.25, 0.3) is 0 Å². The number of rotatable bonds is 5. The summed E-state index contributed by atoms with van der Waals surface area (Å²) in [6.45, 7) is 8.89. The number of nitrogens with zero attached hydrogens (tertiary/aromatic N) is 2. The lowest BCUT2D eigenvalue weighted by Gasteiger charge is -2.57. The number of amides is 2. The summed E-state index contributed by atoms with van der Waals surface area (Å²) in [5.74, 6) is 2.91. The summed E-state index contributed by atoms with van der Waals surface area (Å²) in [6.07, 6.45) is 9.03. The third kappa shape index (κ3) is 4.07. The van der Waals surface area contributed by atoms with E-state index in [2.05, 4.69) is 20.4 Å². The van der Waals surface area contributed by atoms with Crippen molar-refractivity contribution in [2.45, 2.75) is 88.9 Å². The largest absolute Gasteiger partial charge is 0.350 e. The second kappa shape index (κ2) is 6.94. The third-order valence-corrected chi connectivity index (χ3v) is 8.07. The van der Waals surface area contributed by atoms with Crippen molar-refractivity contribution in [3.8, 4) is 0 Å². The molecule has 6 nitrogen and oxygen atoms in total. The van der Waals surface area contributed by atoms with Crippen LogP contribution in [0.1, 0.15) is 65.7 Å². The Morgan fingerprint density at radius 1 is 0.862 bits per heavy atom. The molecule has 7 rings (SSSR count). The maximum Gasteiger partial charge on any atom is 0.234 e. The normalized spacial score (nSPS) is 41.1. The molecule has 162 valence electrons. The predicted molar refractivity (Wildman–Crippen MR) is 112 cm³/mol. The van der Waals surface area contributed by atoms with Gasteiger partial charge in [0.25, 0.3) is 0 Å². The topological polar surface area (TPSA) is 64.7 Å². The molecule has 3 aliphatic heterocycles. The first-order valence-corrected chi connectivity index (χ1v) is 11.8. The highest BCUT2D eigenvalue weighted by atomic mass is 16.2. The van der Waals surface area contributed by atoms with Crippen molar-refractivity contribution < 1.29 is 9.59 Å². The van der Waals surface area contributed by atoms with Crippen LogP contribution in [-0.2, 0) is 9.59 Å². The molecule has 0 aromatic heterocycles. The van der Waals surface area contributed by atoms with Gasteiger partial charge in [0.05, 0.1) is 13.1 Å². The molecule has 29 heavy (non-hydrogen) atoms. The van der Waals surface area contributed by atoms with E-state index in [4.69, 9.17) is 0 Å². The van der Waals surface area contributed by atoms with Crippen LogP contribution in [0.15, 0.2) is 0 Å². The van der Waals surface area contributed by atoms with E-state index >= 15 is 0 Å². The van der Waals surface area contributed by atoms with Gasteiger partial charge in [0, 0.05) is 36.3 Å². The minimum atomic E-state index is -0.182. The molecule has 0 spiro atoms. The molecule has 7 aliphatic rings. The molecule has 6 heteroatoms. The number of carbonyl (C=O) groups excluding carboxylic acids is 2. The molecule has 0 aromatic carbocycles. The van der Waals surface area contributed by atoms with Crippen molar-refractivity contribution in [1.29, 1.82) is 0 Å². The Labute approximate surface area is 175 Å². The molecule has 4 saturated carbocycles. The first kappa shape index (κ1) is 19.8. The number of hydrogen-bond donors (Lipinski definition) is 2. The average molecular weight is 403 g/mol. The standard InChI is InChI=1S/C23H38N4O2/c1-22(2,3)24-21(29)14-27-18-7-19(27)12-26(11-18)13-20(28)25-23-8-15-4-16(9-23)6-17(5-15)10-23/h15-19H,4-14H2,1-3H3,(H,24,29)(H,25,28). The highest BCUT2D eigenvalue weighted by molar-refractivity contribution is 5.79. The molecule has 7 fully saturated rings. The molecule has 3 saturated heterocycles. The molecule has 4 aliphatic carbocycles. The lowest BCUT2D eigenvalue weighted by molar-refractivity contribution is -0.137. The maximum absolute atomic E-state index is 12.9. The Hall–Kier alpha value is -1.14. The Kier molecular flexibility index (Phi) is 4.74. The van der Waals surface area contributed by atoms with Gasteiger partial charge in [0.1, 0.15) is 0 Å². The first-order valence-electron chi connectivity index (χ1n) is 11.8. The van der Waals surface area contributed by atoms with Crippen LogP contribution in [0.3, 0.4) is 0 Å². The van der Waals surface area contributed by atoms with Crippen molar-refractivity contribution in [3.63, 3.8) is 0 Å².